The largest absolute Gasteiger partial charge is 0.470 e. The van der Waals surface area contributed by atoms with Gasteiger partial charge in [-0.15, -0.1) is 0 Å². The Labute approximate surface area is 140 Å². The number of nitrogens with zero attached hydrogens (tertiary/aromatic N) is 2. The average Bonchev–Trinajstić information content (AvgIpc) is 3.33. The first-order chi connectivity index (χ1) is 11.5. The van der Waals surface area contributed by atoms with Crippen LogP contribution in [-0.4, -0.2) is 68.9 Å². The van der Waals surface area contributed by atoms with Crippen molar-refractivity contribution in [2.24, 2.45) is 0 Å². The van der Waals surface area contributed by atoms with Crippen molar-refractivity contribution in [1.29, 1.82) is 0 Å². The maximum Gasteiger partial charge on any atom is 0.253 e. The molecule has 0 N–H and O–H groups in total. The van der Waals surface area contributed by atoms with Gasteiger partial charge in [-0.3, -0.25) is 4.79 Å². The summed E-state index contributed by atoms with van der Waals surface area (Å²) >= 11 is 0. The van der Waals surface area contributed by atoms with Crippen molar-refractivity contribution in [3.63, 3.8) is 0 Å². The molecule has 8 nitrogen and oxygen atoms in total. The van der Waals surface area contributed by atoms with Crippen LogP contribution in [0.4, 0.5) is 5.69 Å². The molecule has 24 heavy (non-hydrogen) atoms. The molecule has 2 saturated heterocycles. The maximum absolute atomic E-state index is 12.6. The zero-order valence-corrected chi connectivity index (χ0v) is 14.0. The Hall–Kier alpha value is -1.42. The highest BCUT2D eigenvalue weighted by atomic mass is 32.2. The second-order valence-corrected chi connectivity index (χ2v) is 8.78. The van der Waals surface area contributed by atoms with Crippen LogP contribution in [-0.2, 0) is 24.3 Å². The molecule has 0 bridgehead atoms. The third kappa shape index (κ3) is 2.85. The number of hydrogen-bond acceptors (Lipinski definition) is 6. The third-order valence-electron chi connectivity index (χ3n) is 4.69. The van der Waals surface area contributed by atoms with Crippen LogP contribution >= 0.6 is 0 Å². The summed E-state index contributed by atoms with van der Waals surface area (Å²) in [4.78, 5) is 13.8. The number of ether oxygens (including phenoxy) is 2. The van der Waals surface area contributed by atoms with Gasteiger partial charge in [0.05, 0.1) is 37.0 Å². The van der Waals surface area contributed by atoms with Gasteiger partial charge in [-0.1, -0.05) is 0 Å². The van der Waals surface area contributed by atoms with Crippen molar-refractivity contribution in [3.05, 3.63) is 18.6 Å². The number of carbonyl (C=O) groups excluding carboxylic acids is 1. The first-order valence-corrected chi connectivity index (χ1v) is 9.54. The van der Waals surface area contributed by atoms with Gasteiger partial charge in [-0.25, -0.2) is 8.42 Å². The smallest absolute Gasteiger partial charge is 0.253 e. The van der Waals surface area contributed by atoms with Gasteiger partial charge in [-0.2, -0.15) is 4.31 Å². The molecule has 1 aliphatic carbocycles. The Balaban J connectivity index is 1.59. The topological polar surface area (TPSA) is 89.3 Å². The molecule has 0 aromatic carbocycles. The summed E-state index contributed by atoms with van der Waals surface area (Å²) in [7, 11) is -3.32. The quantitative estimate of drug-likeness (QED) is 0.769. The number of carbonyl (C=O) groups is 1. The lowest BCUT2D eigenvalue weighted by molar-refractivity contribution is -0.145. The van der Waals surface area contributed by atoms with Crippen molar-refractivity contribution >= 4 is 21.6 Å². The fourth-order valence-electron chi connectivity index (χ4n) is 3.21. The highest BCUT2D eigenvalue weighted by Gasteiger charge is 2.48. The molecule has 3 heterocycles. The summed E-state index contributed by atoms with van der Waals surface area (Å²) in [5.74, 6) is -0.178. The van der Waals surface area contributed by atoms with Gasteiger partial charge in [0, 0.05) is 19.2 Å². The first-order valence-electron chi connectivity index (χ1n) is 8.03. The Morgan fingerprint density at radius 3 is 2.79 bits per heavy atom. The van der Waals surface area contributed by atoms with Crippen LogP contribution < -0.4 is 4.90 Å². The van der Waals surface area contributed by atoms with Crippen LogP contribution in [0.1, 0.15) is 12.8 Å². The van der Waals surface area contributed by atoms with Gasteiger partial charge >= 0.3 is 0 Å². The summed E-state index contributed by atoms with van der Waals surface area (Å²) in [5.41, 5.74) is -0.215. The Kier molecular flexibility index (Phi) is 3.91. The molecule has 1 saturated carbocycles. The van der Waals surface area contributed by atoms with Crippen LogP contribution in [0.3, 0.4) is 0 Å². The monoisotopic (exact) mass is 356 g/mol. The summed E-state index contributed by atoms with van der Waals surface area (Å²) < 4.78 is 43.2. The minimum atomic E-state index is -3.32. The Morgan fingerprint density at radius 2 is 2.08 bits per heavy atom. The molecule has 0 radical (unpaired) electrons. The fourth-order valence-corrected chi connectivity index (χ4v) is 5.11. The number of furan rings is 1. The van der Waals surface area contributed by atoms with Gasteiger partial charge in [-0.05, 0) is 12.8 Å². The van der Waals surface area contributed by atoms with Crippen LogP contribution in [0.15, 0.2) is 23.0 Å². The molecule has 1 aromatic heterocycles. The van der Waals surface area contributed by atoms with Gasteiger partial charge < -0.3 is 18.8 Å². The van der Waals surface area contributed by atoms with Gasteiger partial charge in [0.1, 0.15) is 18.5 Å². The average molecular weight is 356 g/mol. The Bertz CT molecular complexity index is 714. The highest BCUT2D eigenvalue weighted by Crippen LogP contribution is 2.34. The minimum absolute atomic E-state index is 0.105. The van der Waals surface area contributed by atoms with E-state index in [1.165, 1.54) is 16.8 Å². The number of amides is 1. The number of sulfonamides is 1. The molecular formula is C15H20N2O6S. The van der Waals surface area contributed by atoms with Crippen molar-refractivity contribution in [3.8, 4) is 0 Å². The molecule has 132 valence electrons. The van der Waals surface area contributed by atoms with E-state index in [1.807, 2.05) is 0 Å². The second kappa shape index (κ2) is 5.83. The van der Waals surface area contributed by atoms with Crippen molar-refractivity contribution in [1.82, 2.24) is 4.31 Å². The van der Waals surface area contributed by atoms with E-state index in [9.17, 15) is 13.2 Å². The SMILES string of the molecule is O=C1CO[C@@]2(COCCN(S(=O)(=O)C3CC3)C2)CN1c1ccoc1. The predicted octanol–water partition coefficient (Wildman–Crippen LogP) is 0.206. The van der Waals surface area contributed by atoms with Crippen molar-refractivity contribution in [2.75, 3.05) is 44.4 Å². The molecule has 1 aromatic rings. The van der Waals surface area contributed by atoms with Gasteiger partial charge in [0.2, 0.25) is 10.0 Å². The third-order valence-corrected chi connectivity index (χ3v) is 7.03. The van der Waals surface area contributed by atoms with E-state index in [-0.39, 0.29) is 37.5 Å². The van der Waals surface area contributed by atoms with E-state index in [4.69, 9.17) is 13.9 Å². The number of morpholine rings is 1. The zero-order chi connectivity index (χ0) is 16.8. The summed E-state index contributed by atoms with van der Waals surface area (Å²) in [6.45, 7) is 1.24. The lowest BCUT2D eigenvalue weighted by Gasteiger charge is -2.42. The number of anilines is 1. The lowest BCUT2D eigenvalue weighted by Crippen LogP contribution is -2.61. The van der Waals surface area contributed by atoms with E-state index in [0.717, 1.165) is 0 Å². The molecule has 1 amide bonds. The summed E-state index contributed by atoms with van der Waals surface area (Å²) in [6.07, 6.45) is 4.42. The molecule has 0 unspecified atom stereocenters. The number of rotatable bonds is 3. The molecular weight excluding hydrogens is 336 g/mol. The molecule has 3 aliphatic rings. The van der Waals surface area contributed by atoms with Gasteiger partial charge in [0.15, 0.2) is 0 Å². The normalized spacial score (nSPS) is 29.8. The molecule has 1 atom stereocenters. The molecule has 9 heteroatoms. The van der Waals surface area contributed by atoms with Crippen LogP contribution in [0.5, 0.6) is 0 Å². The molecule has 3 fully saturated rings. The predicted molar refractivity (Wildman–Crippen MR) is 84.1 cm³/mol. The van der Waals surface area contributed by atoms with E-state index in [2.05, 4.69) is 0 Å². The molecule has 4 rings (SSSR count). The zero-order valence-electron chi connectivity index (χ0n) is 13.2. The van der Waals surface area contributed by atoms with E-state index in [1.54, 1.807) is 11.0 Å². The first kappa shape index (κ1) is 16.1. The Morgan fingerprint density at radius 1 is 1.25 bits per heavy atom. The van der Waals surface area contributed by atoms with Crippen molar-refractivity contribution in [2.45, 2.75) is 23.7 Å². The van der Waals surface area contributed by atoms with E-state index >= 15 is 0 Å². The summed E-state index contributed by atoms with van der Waals surface area (Å²) in [6, 6.07) is 1.70. The summed E-state index contributed by atoms with van der Waals surface area (Å²) in [5, 5.41) is -0.275. The number of hydrogen-bond donors (Lipinski definition) is 0. The molecule has 2 aliphatic heterocycles. The highest BCUT2D eigenvalue weighted by molar-refractivity contribution is 7.90. The maximum atomic E-state index is 12.6. The lowest BCUT2D eigenvalue weighted by atomic mass is 10.0. The minimum Gasteiger partial charge on any atom is -0.470 e. The standard InChI is InChI=1S/C15H20N2O6S/c18-14-8-23-15(10-17(14)12-3-5-21-7-12)9-16(4-6-22-11-15)24(19,20)13-1-2-13/h3,5,7,13H,1-2,4,6,8-11H2/t15-/m1/s1. The van der Waals surface area contributed by atoms with Crippen LogP contribution in [0.25, 0.3) is 0 Å². The van der Waals surface area contributed by atoms with Gasteiger partial charge in [0.25, 0.3) is 5.91 Å². The van der Waals surface area contributed by atoms with Crippen LogP contribution in [0, 0.1) is 0 Å². The van der Waals surface area contributed by atoms with E-state index in [0.29, 0.717) is 31.7 Å². The fraction of sp³-hybridized carbons (Fsp3) is 0.667. The molecule has 1 spiro atoms. The van der Waals surface area contributed by atoms with E-state index < -0.39 is 15.6 Å². The van der Waals surface area contributed by atoms with Crippen LogP contribution in [0.2, 0.25) is 0 Å². The second-order valence-electron chi connectivity index (χ2n) is 6.56. The van der Waals surface area contributed by atoms with Crippen molar-refractivity contribution < 1.29 is 27.1 Å².